The first kappa shape index (κ1) is 14.6. The van der Waals surface area contributed by atoms with Gasteiger partial charge in [-0.25, -0.2) is 4.79 Å². The summed E-state index contributed by atoms with van der Waals surface area (Å²) in [6.07, 6.45) is 5.39. The number of anilines is 1. The average molecular weight is 272 g/mol. The van der Waals surface area contributed by atoms with E-state index in [-0.39, 0.29) is 6.03 Å². The molecule has 0 spiro atoms. The summed E-state index contributed by atoms with van der Waals surface area (Å²) in [5.41, 5.74) is 3.35. The summed E-state index contributed by atoms with van der Waals surface area (Å²) in [6.45, 7) is 6.41. The van der Waals surface area contributed by atoms with Crippen molar-refractivity contribution >= 4 is 11.7 Å². The van der Waals surface area contributed by atoms with Crippen molar-refractivity contribution in [1.82, 2.24) is 5.32 Å². The maximum Gasteiger partial charge on any atom is 0.323 e. The lowest BCUT2D eigenvalue weighted by molar-refractivity contribution is 0.255. The highest BCUT2D eigenvalue weighted by atomic mass is 16.2. The van der Waals surface area contributed by atoms with Gasteiger partial charge in [0.25, 0.3) is 0 Å². The minimum atomic E-state index is -0.166. The van der Waals surface area contributed by atoms with E-state index in [0.717, 1.165) is 12.1 Å². The van der Waals surface area contributed by atoms with Gasteiger partial charge in [0.2, 0.25) is 0 Å². The second kappa shape index (κ2) is 6.60. The maximum absolute atomic E-state index is 12.0. The lowest BCUT2D eigenvalue weighted by atomic mass is 9.97. The summed E-state index contributed by atoms with van der Waals surface area (Å²) in [6, 6.07) is 7.84. The fourth-order valence-electron chi connectivity index (χ4n) is 2.25. The Kier molecular flexibility index (Phi) is 4.83. The number of hydrogen-bond donors (Lipinski definition) is 2. The van der Waals surface area contributed by atoms with Crippen LogP contribution in [0.5, 0.6) is 0 Å². The zero-order valence-corrected chi connectivity index (χ0v) is 12.6. The molecule has 1 aliphatic rings. The molecule has 3 heteroatoms. The van der Waals surface area contributed by atoms with Crippen LogP contribution in [0.4, 0.5) is 10.5 Å². The van der Waals surface area contributed by atoms with Gasteiger partial charge in [-0.05, 0) is 49.7 Å². The molecule has 1 aromatic carbocycles. The van der Waals surface area contributed by atoms with Gasteiger partial charge in [0.1, 0.15) is 0 Å². The van der Waals surface area contributed by atoms with Crippen LogP contribution in [-0.4, -0.2) is 6.03 Å². The van der Waals surface area contributed by atoms with Crippen LogP contribution in [-0.2, 0) is 0 Å². The standard InChI is InChI=1S/C17H24N2O/c1-4-12(2)15-7-5-6-8-16(15)19-17(20)18-11-13(3)14-9-10-14/h5-8,11-12,14H,4,9-10H2,1-3H3,(H2,18,19,20)/b13-11+. The Labute approximate surface area is 121 Å². The molecule has 0 bridgehead atoms. The van der Waals surface area contributed by atoms with Gasteiger partial charge in [-0.2, -0.15) is 0 Å². The first-order chi connectivity index (χ1) is 9.61. The molecule has 2 N–H and O–H groups in total. The van der Waals surface area contributed by atoms with Gasteiger partial charge in [0.05, 0.1) is 0 Å². The van der Waals surface area contributed by atoms with E-state index < -0.39 is 0 Å². The molecule has 2 rings (SSSR count). The molecule has 0 aliphatic heterocycles. The van der Waals surface area contributed by atoms with Crippen molar-refractivity contribution in [3.63, 3.8) is 0 Å². The number of carbonyl (C=O) groups is 1. The van der Waals surface area contributed by atoms with Gasteiger partial charge in [0, 0.05) is 11.9 Å². The summed E-state index contributed by atoms with van der Waals surface area (Å²) in [4.78, 5) is 12.0. The largest absolute Gasteiger partial charge is 0.323 e. The van der Waals surface area contributed by atoms with Crippen LogP contribution in [0.2, 0.25) is 0 Å². The van der Waals surface area contributed by atoms with E-state index in [2.05, 4.69) is 37.5 Å². The Hall–Kier alpha value is -1.77. The Morgan fingerprint density at radius 2 is 2.10 bits per heavy atom. The molecule has 108 valence electrons. The van der Waals surface area contributed by atoms with Gasteiger partial charge in [-0.1, -0.05) is 37.6 Å². The molecular weight excluding hydrogens is 248 g/mol. The number of urea groups is 1. The number of allylic oxidation sites excluding steroid dienone is 1. The van der Waals surface area contributed by atoms with Crippen LogP contribution in [0.15, 0.2) is 36.0 Å². The number of carbonyl (C=O) groups excluding carboxylic acids is 1. The number of benzene rings is 1. The summed E-state index contributed by atoms with van der Waals surface area (Å²) in [5.74, 6) is 1.12. The molecule has 1 aliphatic carbocycles. The van der Waals surface area contributed by atoms with Crippen LogP contribution in [0.3, 0.4) is 0 Å². The van der Waals surface area contributed by atoms with E-state index in [1.807, 2.05) is 24.4 Å². The van der Waals surface area contributed by atoms with E-state index in [1.54, 1.807) is 0 Å². The fraction of sp³-hybridized carbons (Fsp3) is 0.471. The van der Waals surface area contributed by atoms with Crippen LogP contribution >= 0.6 is 0 Å². The second-order valence-corrected chi connectivity index (χ2v) is 5.66. The summed E-state index contributed by atoms with van der Waals surface area (Å²) in [7, 11) is 0. The van der Waals surface area contributed by atoms with E-state index in [4.69, 9.17) is 0 Å². The third-order valence-corrected chi connectivity index (χ3v) is 4.00. The van der Waals surface area contributed by atoms with Gasteiger partial charge in [-0.3, -0.25) is 0 Å². The van der Waals surface area contributed by atoms with Crippen LogP contribution in [0.1, 0.15) is 51.5 Å². The third-order valence-electron chi connectivity index (χ3n) is 4.00. The molecular formula is C17H24N2O. The topological polar surface area (TPSA) is 41.1 Å². The van der Waals surface area contributed by atoms with Crippen molar-refractivity contribution in [2.75, 3.05) is 5.32 Å². The van der Waals surface area contributed by atoms with Crippen molar-refractivity contribution in [1.29, 1.82) is 0 Å². The van der Waals surface area contributed by atoms with Gasteiger partial charge in [-0.15, -0.1) is 0 Å². The Morgan fingerprint density at radius 1 is 1.40 bits per heavy atom. The van der Waals surface area contributed by atoms with Gasteiger partial charge in [0.15, 0.2) is 0 Å². The first-order valence-corrected chi connectivity index (χ1v) is 7.45. The normalized spacial score (nSPS) is 16.6. The quantitative estimate of drug-likeness (QED) is 0.805. The van der Waals surface area contributed by atoms with Crippen LogP contribution in [0.25, 0.3) is 0 Å². The second-order valence-electron chi connectivity index (χ2n) is 5.66. The third kappa shape index (κ3) is 3.86. The molecule has 1 unspecified atom stereocenters. The number of para-hydroxylation sites is 1. The predicted octanol–water partition coefficient (Wildman–Crippen LogP) is 4.64. The summed E-state index contributed by atoms with van der Waals surface area (Å²) < 4.78 is 0. The van der Waals surface area contributed by atoms with Crippen molar-refractivity contribution in [2.24, 2.45) is 5.92 Å². The van der Waals surface area contributed by atoms with E-state index >= 15 is 0 Å². The summed E-state index contributed by atoms with van der Waals surface area (Å²) >= 11 is 0. The molecule has 1 aromatic rings. The SMILES string of the molecule is CCC(C)c1ccccc1NC(=O)N/C=C(\C)C1CC1. The zero-order chi connectivity index (χ0) is 14.5. The molecule has 0 radical (unpaired) electrons. The van der Waals surface area contributed by atoms with Gasteiger partial charge >= 0.3 is 6.03 Å². The first-order valence-electron chi connectivity index (χ1n) is 7.45. The average Bonchev–Trinajstić information content (AvgIpc) is 3.29. The zero-order valence-electron chi connectivity index (χ0n) is 12.6. The highest BCUT2D eigenvalue weighted by Gasteiger charge is 2.22. The molecule has 0 aromatic heterocycles. The lowest BCUT2D eigenvalue weighted by Gasteiger charge is -2.15. The molecule has 2 amide bonds. The van der Waals surface area contributed by atoms with Crippen molar-refractivity contribution in [3.8, 4) is 0 Å². The Morgan fingerprint density at radius 3 is 2.75 bits per heavy atom. The van der Waals surface area contributed by atoms with E-state index in [1.165, 1.54) is 24.0 Å². The molecule has 1 saturated carbocycles. The highest BCUT2D eigenvalue weighted by molar-refractivity contribution is 5.90. The van der Waals surface area contributed by atoms with Crippen LogP contribution < -0.4 is 10.6 Å². The smallest absolute Gasteiger partial charge is 0.314 e. The fourth-order valence-corrected chi connectivity index (χ4v) is 2.25. The van der Waals surface area contributed by atoms with Crippen molar-refractivity contribution in [3.05, 3.63) is 41.6 Å². The Bertz CT molecular complexity index is 503. The molecule has 1 atom stereocenters. The Balaban J connectivity index is 1.98. The van der Waals surface area contributed by atoms with Crippen LogP contribution in [0, 0.1) is 5.92 Å². The predicted molar refractivity (Wildman–Crippen MR) is 83.8 cm³/mol. The number of rotatable bonds is 5. The van der Waals surface area contributed by atoms with E-state index in [0.29, 0.717) is 11.8 Å². The minimum Gasteiger partial charge on any atom is -0.314 e. The maximum atomic E-state index is 12.0. The minimum absolute atomic E-state index is 0.166. The molecule has 3 nitrogen and oxygen atoms in total. The lowest BCUT2D eigenvalue weighted by Crippen LogP contribution is -2.25. The monoisotopic (exact) mass is 272 g/mol. The molecule has 1 fully saturated rings. The van der Waals surface area contributed by atoms with Crippen molar-refractivity contribution in [2.45, 2.75) is 46.0 Å². The highest BCUT2D eigenvalue weighted by Crippen LogP contribution is 2.35. The number of amides is 2. The molecule has 0 saturated heterocycles. The van der Waals surface area contributed by atoms with Crippen molar-refractivity contribution < 1.29 is 4.79 Å². The number of nitrogens with one attached hydrogen (secondary N) is 2. The van der Waals surface area contributed by atoms with Gasteiger partial charge < -0.3 is 10.6 Å². The number of hydrogen-bond acceptors (Lipinski definition) is 1. The van der Waals surface area contributed by atoms with E-state index in [9.17, 15) is 4.79 Å². The molecule has 20 heavy (non-hydrogen) atoms. The molecule has 0 heterocycles. The summed E-state index contributed by atoms with van der Waals surface area (Å²) in [5, 5.41) is 5.77.